The third-order valence-electron chi connectivity index (χ3n) is 3.37. The van der Waals surface area contributed by atoms with Crippen molar-refractivity contribution >= 4 is 0 Å². The fourth-order valence-electron chi connectivity index (χ4n) is 2.42. The van der Waals surface area contributed by atoms with Crippen LogP contribution in [-0.4, -0.2) is 31.1 Å². The molecule has 2 rings (SSSR count). The Bertz CT molecular complexity index is 433. The maximum absolute atomic E-state index is 13.3. The first-order chi connectivity index (χ1) is 9.13. The summed E-state index contributed by atoms with van der Waals surface area (Å²) in [7, 11) is 0. The van der Waals surface area contributed by atoms with Gasteiger partial charge in [0, 0.05) is 32.2 Å². The average Bonchev–Trinajstić information content (AvgIpc) is 2.42. The van der Waals surface area contributed by atoms with Gasteiger partial charge in [0.25, 0.3) is 0 Å². The van der Waals surface area contributed by atoms with Crippen LogP contribution in [0.15, 0.2) is 24.8 Å². The summed E-state index contributed by atoms with van der Waals surface area (Å²) in [6.45, 7) is 6.93. The number of nitrogens with zero attached hydrogens (tertiary/aromatic N) is 1. The molecule has 0 saturated carbocycles. The number of hydrogen-bond acceptors (Lipinski definition) is 2. The molecule has 1 atom stereocenters. The molecule has 1 aliphatic rings. The van der Waals surface area contributed by atoms with Crippen LogP contribution < -0.4 is 5.32 Å². The fourth-order valence-corrected chi connectivity index (χ4v) is 2.42. The van der Waals surface area contributed by atoms with Crippen molar-refractivity contribution in [2.24, 2.45) is 0 Å². The topological polar surface area (TPSA) is 15.3 Å². The van der Waals surface area contributed by atoms with Crippen molar-refractivity contribution in [2.75, 3.05) is 26.2 Å². The predicted molar refractivity (Wildman–Crippen MR) is 68.3 cm³/mol. The van der Waals surface area contributed by atoms with E-state index in [9.17, 15) is 13.2 Å². The second-order valence-corrected chi connectivity index (χ2v) is 4.62. The van der Waals surface area contributed by atoms with Crippen molar-refractivity contribution in [2.45, 2.75) is 12.5 Å². The van der Waals surface area contributed by atoms with Crippen molar-refractivity contribution in [1.29, 1.82) is 0 Å². The van der Waals surface area contributed by atoms with Gasteiger partial charge in [0.15, 0.2) is 17.5 Å². The first kappa shape index (κ1) is 14.1. The summed E-state index contributed by atoms with van der Waals surface area (Å²) in [5.41, 5.74) is 0.457. The lowest BCUT2D eigenvalue weighted by molar-refractivity contribution is 0.173. The minimum atomic E-state index is -1.42. The van der Waals surface area contributed by atoms with Gasteiger partial charge in [0.1, 0.15) is 0 Å². The maximum atomic E-state index is 13.3. The molecule has 1 aromatic carbocycles. The first-order valence-corrected chi connectivity index (χ1v) is 6.33. The fraction of sp³-hybridized carbons (Fsp3) is 0.429. The van der Waals surface area contributed by atoms with Crippen molar-refractivity contribution in [1.82, 2.24) is 10.2 Å². The Kier molecular flexibility index (Phi) is 4.61. The lowest BCUT2D eigenvalue weighted by Gasteiger charge is -2.34. The normalized spacial score (nSPS) is 18.3. The van der Waals surface area contributed by atoms with Gasteiger partial charge in [-0.3, -0.25) is 4.90 Å². The molecule has 19 heavy (non-hydrogen) atoms. The third kappa shape index (κ3) is 3.16. The molecule has 1 heterocycles. The van der Waals surface area contributed by atoms with E-state index in [1.54, 1.807) is 6.08 Å². The standard InChI is InChI=1S/C14H17F3N2/c1-2-3-13(19-6-4-18-5-7-19)10-8-11(15)14(17)12(16)9-10/h2,8-9,13,18H,1,3-7H2/t13-/m0/s1. The van der Waals surface area contributed by atoms with Crippen LogP contribution >= 0.6 is 0 Å². The van der Waals surface area contributed by atoms with Crippen molar-refractivity contribution < 1.29 is 13.2 Å². The first-order valence-electron chi connectivity index (χ1n) is 6.33. The van der Waals surface area contributed by atoms with E-state index in [0.29, 0.717) is 12.0 Å². The van der Waals surface area contributed by atoms with Crippen LogP contribution in [0.2, 0.25) is 0 Å². The number of halogens is 3. The van der Waals surface area contributed by atoms with Crippen LogP contribution in [-0.2, 0) is 0 Å². The van der Waals surface area contributed by atoms with Crippen LogP contribution in [0.3, 0.4) is 0 Å². The Hall–Kier alpha value is -1.33. The molecule has 0 amide bonds. The summed E-state index contributed by atoms with van der Waals surface area (Å²) >= 11 is 0. The molecule has 2 nitrogen and oxygen atoms in total. The number of benzene rings is 1. The van der Waals surface area contributed by atoms with Gasteiger partial charge >= 0.3 is 0 Å². The van der Waals surface area contributed by atoms with E-state index in [1.165, 1.54) is 0 Å². The summed E-state index contributed by atoms with van der Waals surface area (Å²) in [5.74, 6) is -3.69. The number of rotatable bonds is 4. The number of piperazine rings is 1. The average molecular weight is 270 g/mol. The molecule has 0 aromatic heterocycles. The lowest BCUT2D eigenvalue weighted by Crippen LogP contribution is -2.45. The van der Waals surface area contributed by atoms with Gasteiger partial charge in [0.05, 0.1) is 0 Å². The summed E-state index contributed by atoms with van der Waals surface area (Å²) in [6, 6.07) is 1.99. The van der Waals surface area contributed by atoms with Gasteiger partial charge in [-0.1, -0.05) is 6.08 Å². The predicted octanol–water partition coefficient (Wildman–Crippen LogP) is 2.63. The molecule has 0 unspecified atom stereocenters. The highest BCUT2D eigenvalue weighted by molar-refractivity contribution is 5.23. The van der Waals surface area contributed by atoms with E-state index >= 15 is 0 Å². The molecule has 1 saturated heterocycles. The quantitative estimate of drug-likeness (QED) is 0.668. The number of nitrogens with one attached hydrogen (secondary N) is 1. The summed E-state index contributed by atoms with van der Waals surface area (Å²) < 4.78 is 39.7. The monoisotopic (exact) mass is 270 g/mol. The second-order valence-electron chi connectivity index (χ2n) is 4.62. The number of hydrogen-bond donors (Lipinski definition) is 1. The molecule has 1 aliphatic heterocycles. The molecule has 5 heteroatoms. The van der Waals surface area contributed by atoms with Crippen LogP contribution in [0.4, 0.5) is 13.2 Å². The zero-order valence-corrected chi connectivity index (χ0v) is 10.6. The zero-order valence-electron chi connectivity index (χ0n) is 10.6. The van der Waals surface area contributed by atoms with Gasteiger partial charge in [-0.05, 0) is 24.1 Å². The van der Waals surface area contributed by atoms with Crippen LogP contribution in [0.1, 0.15) is 18.0 Å². The Labute approximate surface area is 110 Å². The van der Waals surface area contributed by atoms with Gasteiger partial charge < -0.3 is 5.32 Å². The van der Waals surface area contributed by atoms with Crippen molar-refractivity contribution in [3.05, 3.63) is 47.8 Å². The molecule has 0 bridgehead atoms. The molecule has 1 fully saturated rings. The van der Waals surface area contributed by atoms with E-state index in [1.807, 2.05) is 0 Å². The summed E-state index contributed by atoms with van der Waals surface area (Å²) in [6.07, 6.45) is 2.29. The molecule has 0 spiro atoms. The van der Waals surface area contributed by atoms with E-state index < -0.39 is 17.5 Å². The van der Waals surface area contributed by atoms with Gasteiger partial charge in [-0.25, -0.2) is 13.2 Å². The SMILES string of the molecule is C=CC[C@@H](c1cc(F)c(F)c(F)c1)N1CCNCC1. The van der Waals surface area contributed by atoms with Gasteiger partial charge in [0.2, 0.25) is 0 Å². The van der Waals surface area contributed by atoms with Crippen LogP contribution in [0.25, 0.3) is 0 Å². The van der Waals surface area contributed by atoms with Crippen LogP contribution in [0, 0.1) is 17.5 Å². The lowest BCUT2D eigenvalue weighted by atomic mass is 10.0. The van der Waals surface area contributed by atoms with E-state index in [4.69, 9.17) is 0 Å². The molecular formula is C14H17F3N2. The highest BCUT2D eigenvalue weighted by Crippen LogP contribution is 2.27. The van der Waals surface area contributed by atoms with E-state index in [-0.39, 0.29) is 6.04 Å². The molecule has 1 aromatic rings. The van der Waals surface area contributed by atoms with E-state index in [2.05, 4.69) is 16.8 Å². The second kappa shape index (κ2) is 6.21. The minimum absolute atomic E-state index is 0.163. The maximum Gasteiger partial charge on any atom is 0.194 e. The molecule has 1 N–H and O–H groups in total. The molecule has 104 valence electrons. The largest absolute Gasteiger partial charge is 0.314 e. The highest BCUT2D eigenvalue weighted by atomic mass is 19.2. The van der Waals surface area contributed by atoms with Crippen molar-refractivity contribution in [3.63, 3.8) is 0 Å². The van der Waals surface area contributed by atoms with Gasteiger partial charge in [-0.2, -0.15) is 0 Å². The zero-order chi connectivity index (χ0) is 13.8. The Morgan fingerprint density at radius 3 is 2.32 bits per heavy atom. The molecule has 0 aliphatic carbocycles. The molecule has 0 radical (unpaired) electrons. The smallest absolute Gasteiger partial charge is 0.194 e. The van der Waals surface area contributed by atoms with Crippen molar-refractivity contribution in [3.8, 4) is 0 Å². The van der Waals surface area contributed by atoms with Gasteiger partial charge in [-0.15, -0.1) is 6.58 Å². The summed E-state index contributed by atoms with van der Waals surface area (Å²) in [4.78, 5) is 2.13. The Balaban J connectivity index is 2.29. The highest BCUT2D eigenvalue weighted by Gasteiger charge is 2.23. The van der Waals surface area contributed by atoms with E-state index in [0.717, 1.165) is 38.3 Å². The Morgan fingerprint density at radius 1 is 1.21 bits per heavy atom. The Morgan fingerprint density at radius 2 is 1.79 bits per heavy atom. The minimum Gasteiger partial charge on any atom is -0.314 e. The third-order valence-corrected chi connectivity index (χ3v) is 3.37. The van der Waals surface area contributed by atoms with Crippen LogP contribution in [0.5, 0.6) is 0 Å². The summed E-state index contributed by atoms with van der Waals surface area (Å²) in [5, 5.41) is 3.22. The molecular weight excluding hydrogens is 253 g/mol.